The third kappa shape index (κ3) is 2.69. The normalized spacial score (nSPS) is 16.2. The molecule has 1 aromatic heterocycles. The Bertz CT molecular complexity index is 767. The lowest BCUT2D eigenvalue weighted by atomic mass is 10.0. The quantitative estimate of drug-likeness (QED) is 0.832. The van der Waals surface area contributed by atoms with Gasteiger partial charge in [-0.25, -0.2) is 4.79 Å². The zero-order valence-electron chi connectivity index (χ0n) is 11.3. The van der Waals surface area contributed by atoms with Gasteiger partial charge in [0.15, 0.2) is 0 Å². The highest BCUT2D eigenvalue weighted by molar-refractivity contribution is 7.20. The van der Waals surface area contributed by atoms with Crippen LogP contribution in [0.15, 0.2) is 17.2 Å². The molecule has 110 valence electrons. The maximum Gasteiger partial charge on any atom is 0.347 e. The van der Waals surface area contributed by atoms with Gasteiger partial charge in [0.2, 0.25) is 0 Å². The van der Waals surface area contributed by atoms with Crippen molar-refractivity contribution in [1.29, 1.82) is 0 Å². The summed E-state index contributed by atoms with van der Waals surface area (Å²) < 4.78 is 1.13. The smallest absolute Gasteiger partial charge is 0.347 e. The van der Waals surface area contributed by atoms with Crippen LogP contribution in [-0.2, 0) is 17.8 Å². The molecule has 0 saturated heterocycles. The Morgan fingerprint density at radius 1 is 1.43 bits per heavy atom. The van der Waals surface area contributed by atoms with E-state index in [-0.39, 0.29) is 5.03 Å². The molecule has 6 heteroatoms. The van der Waals surface area contributed by atoms with E-state index in [1.807, 2.05) is 12.1 Å². The Hall–Kier alpha value is -1.07. The fourth-order valence-corrected chi connectivity index (χ4v) is 4.28. The van der Waals surface area contributed by atoms with Crippen molar-refractivity contribution in [3.63, 3.8) is 0 Å². The molecule has 0 saturated carbocycles. The summed E-state index contributed by atoms with van der Waals surface area (Å²) in [5.74, 6) is -1.11. The monoisotopic (exact) mass is 341 g/mol. The molecule has 21 heavy (non-hydrogen) atoms. The number of carbonyl (C=O) groups is 1. The van der Waals surface area contributed by atoms with E-state index in [1.165, 1.54) is 0 Å². The Labute approximate surface area is 136 Å². The van der Waals surface area contributed by atoms with E-state index in [9.17, 15) is 4.79 Å². The van der Waals surface area contributed by atoms with Gasteiger partial charge in [-0.1, -0.05) is 23.2 Å². The van der Waals surface area contributed by atoms with Crippen molar-refractivity contribution in [2.24, 2.45) is 0 Å². The van der Waals surface area contributed by atoms with Gasteiger partial charge in [0.1, 0.15) is 5.03 Å². The van der Waals surface area contributed by atoms with Crippen LogP contribution in [0.2, 0.25) is 5.02 Å². The maximum absolute atomic E-state index is 11.0. The number of hydrogen-bond acceptors (Lipinski definition) is 3. The largest absolute Gasteiger partial charge is 0.477 e. The SMILES string of the molecule is CN1CCc2c(Cl)ccc3sc(/C=C(\Cl)C(=O)O)c(c23)C1. The molecule has 0 bridgehead atoms. The highest BCUT2D eigenvalue weighted by Crippen LogP contribution is 2.40. The molecule has 2 heterocycles. The molecule has 0 amide bonds. The molecule has 0 spiro atoms. The van der Waals surface area contributed by atoms with Crippen molar-refractivity contribution in [2.75, 3.05) is 13.6 Å². The second-order valence-electron chi connectivity index (χ2n) is 5.13. The maximum atomic E-state index is 11.0. The number of nitrogens with zero attached hydrogens (tertiary/aromatic N) is 1. The highest BCUT2D eigenvalue weighted by atomic mass is 35.5. The van der Waals surface area contributed by atoms with Crippen molar-refractivity contribution >= 4 is 56.7 Å². The number of rotatable bonds is 2. The van der Waals surface area contributed by atoms with Crippen LogP contribution in [0.5, 0.6) is 0 Å². The van der Waals surface area contributed by atoms with E-state index in [4.69, 9.17) is 28.3 Å². The fourth-order valence-electron chi connectivity index (χ4n) is 2.67. The van der Waals surface area contributed by atoms with E-state index in [0.717, 1.165) is 50.6 Å². The van der Waals surface area contributed by atoms with Crippen LogP contribution in [0.3, 0.4) is 0 Å². The van der Waals surface area contributed by atoms with Crippen LogP contribution in [0.4, 0.5) is 0 Å². The van der Waals surface area contributed by atoms with E-state index < -0.39 is 5.97 Å². The minimum Gasteiger partial charge on any atom is -0.477 e. The molecular weight excluding hydrogens is 329 g/mol. The summed E-state index contributed by atoms with van der Waals surface area (Å²) in [5, 5.41) is 10.7. The number of benzene rings is 1. The number of hydrogen-bond donors (Lipinski definition) is 1. The van der Waals surface area contributed by atoms with E-state index in [1.54, 1.807) is 17.4 Å². The van der Waals surface area contributed by atoms with Crippen LogP contribution in [0.25, 0.3) is 16.2 Å². The second kappa shape index (κ2) is 5.61. The summed E-state index contributed by atoms with van der Waals surface area (Å²) in [4.78, 5) is 14.1. The average molecular weight is 342 g/mol. The number of halogens is 2. The first-order valence-electron chi connectivity index (χ1n) is 6.49. The van der Waals surface area contributed by atoms with Crippen LogP contribution in [0, 0.1) is 0 Å². The molecule has 2 aromatic rings. The third-order valence-corrected chi connectivity index (χ3v) is 5.44. The first-order chi connectivity index (χ1) is 9.97. The molecule has 0 atom stereocenters. The highest BCUT2D eigenvalue weighted by Gasteiger charge is 2.21. The number of carboxylic acids is 1. The molecule has 0 aliphatic carbocycles. The summed E-state index contributed by atoms with van der Waals surface area (Å²) in [6.07, 6.45) is 2.44. The first kappa shape index (κ1) is 14.9. The lowest BCUT2D eigenvalue weighted by Crippen LogP contribution is -2.18. The van der Waals surface area contributed by atoms with E-state index >= 15 is 0 Å². The van der Waals surface area contributed by atoms with Gasteiger partial charge in [0.25, 0.3) is 0 Å². The minimum absolute atomic E-state index is 0.169. The number of aliphatic carboxylic acids is 1. The number of thiophene rings is 1. The zero-order valence-corrected chi connectivity index (χ0v) is 13.6. The van der Waals surface area contributed by atoms with Gasteiger partial charge < -0.3 is 10.0 Å². The molecule has 1 aliphatic heterocycles. The van der Waals surface area contributed by atoms with Crippen molar-refractivity contribution < 1.29 is 9.90 Å². The van der Waals surface area contributed by atoms with Crippen LogP contribution >= 0.6 is 34.5 Å². The Morgan fingerprint density at radius 3 is 2.90 bits per heavy atom. The van der Waals surface area contributed by atoms with Crippen molar-refractivity contribution in [3.05, 3.63) is 38.2 Å². The van der Waals surface area contributed by atoms with Crippen LogP contribution in [0.1, 0.15) is 16.0 Å². The third-order valence-electron chi connectivity index (χ3n) is 3.67. The lowest BCUT2D eigenvalue weighted by Gasteiger charge is -2.13. The summed E-state index contributed by atoms with van der Waals surface area (Å²) in [7, 11) is 2.05. The number of carboxylic acid groups (broad SMARTS) is 1. The van der Waals surface area contributed by atoms with Gasteiger partial charge in [-0.2, -0.15) is 0 Å². The van der Waals surface area contributed by atoms with E-state index in [0.29, 0.717) is 0 Å². The van der Waals surface area contributed by atoms with Gasteiger partial charge in [0, 0.05) is 33.1 Å². The molecule has 0 fully saturated rings. The minimum atomic E-state index is -1.11. The number of likely N-dealkylation sites (N-methyl/N-ethyl adjacent to an activating group) is 1. The van der Waals surface area contributed by atoms with Crippen molar-refractivity contribution in [1.82, 2.24) is 4.90 Å². The summed E-state index contributed by atoms with van der Waals surface area (Å²) >= 11 is 13.7. The lowest BCUT2D eigenvalue weighted by molar-refractivity contribution is -0.131. The molecule has 1 aromatic carbocycles. The van der Waals surface area contributed by atoms with Crippen molar-refractivity contribution in [3.8, 4) is 0 Å². The molecule has 3 nitrogen and oxygen atoms in total. The Balaban J connectivity index is 2.28. The topological polar surface area (TPSA) is 40.5 Å². The van der Waals surface area contributed by atoms with Crippen molar-refractivity contribution in [2.45, 2.75) is 13.0 Å². The van der Waals surface area contributed by atoms with E-state index in [2.05, 4.69) is 11.9 Å². The first-order valence-corrected chi connectivity index (χ1v) is 8.06. The molecular formula is C15H13Cl2NO2S. The average Bonchev–Trinajstić information content (AvgIpc) is 2.64. The Kier molecular flexibility index (Phi) is 3.97. The zero-order chi connectivity index (χ0) is 15.1. The predicted molar refractivity (Wildman–Crippen MR) is 88.3 cm³/mol. The van der Waals surface area contributed by atoms with Crippen LogP contribution < -0.4 is 0 Å². The predicted octanol–water partition coefficient (Wildman–Crippen LogP) is 4.21. The van der Waals surface area contributed by atoms with Gasteiger partial charge in [-0.3, -0.25) is 0 Å². The van der Waals surface area contributed by atoms with Gasteiger partial charge in [0.05, 0.1) is 0 Å². The molecule has 0 radical (unpaired) electrons. The van der Waals surface area contributed by atoms with Gasteiger partial charge in [-0.15, -0.1) is 11.3 Å². The van der Waals surface area contributed by atoms with Crippen LogP contribution in [-0.4, -0.2) is 29.6 Å². The second-order valence-corrected chi connectivity index (χ2v) is 7.03. The summed E-state index contributed by atoms with van der Waals surface area (Å²) in [6.45, 7) is 1.69. The van der Waals surface area contributed by atoms with Gasteiger partial charge in [-0.05, 0) is 42.8 Å². The Morgan fingerprint density at radius 2 is 2.19 bits per heavy atom. The molecule has 1 N–H and O–H groups in total. The standard InChI is InChI=1S/C15H13Cl2NO2S/c1-18-5-4-8-10(16)2-3-12-14(8)9(7-18)13(21-12)6-11(17)15(19)20/h2-3,6H,4-5,7H2,1H3,(H,19,20)/b11-6-. The molecule has 0 unspecified atom stereocenters. The van der Waals surface area contributed by atoms with Gasteiger partial charge >= 0.3 is 5.97 Å². The molecule has 1 aliphatic rings. The summed E-state index contributed by atoms with van der Waals surface area (Å²) in [5.41, 5.74) is 2.27. The fraction of sp³-hybridized carbons (Fsp3) is 0.267. The molecule has 3 rings (SSSR count). The summed E-state index contributed by atoms with van der Waals surface area (Å²) in [6, 6.07) is 3.91.